The number of pyridine rings is 1. The number of anilines is 2. The summed E-state index contributed by atoms with van der Waals surface area (Å²) < 4.78 is 5.48. The standard InChI is InChI=1S/C15H18N4O/c16-7-5-10-1-3-11(4-2-10)19-14-12(17)9-18-13-6-8-20-15(13)14/h6,8-11H,1-5,17H2,(H,18,19). The van der Waals surface area contributed by atoms with E-state index in [1.165, 1.54) is 0 Å². The van der Waals surface area contributed by atoms with Crippen LogP contribution in [0.25, 0.3) is 11.1 Å². The minimum Gasteiger partial charge on any atom is -0.460 e. The summed E-state index contributed by atoms with van der Waals surface area (Å²) in [5.74, 6) is 0.552. The Morgan fingerprint density at radius 3 is 2.95 bits per heavy atom. The molecule has 1 aliphatic carbocycles. The van der Waals surface area contributed by atoms with Crippen LogP contribution >= 0.6 is 0 Å². The number of aromatic nitrogens is 1. The largest absolute Gasteiger partial charge is 0.460 e. The van der Waals surface area contributed by atoms with Gasteiger partial charge < -0.3 is 15.5 Å². The first-order valence-electron chi connectivity index (χ1n) is 7.03. The lowest BCUT2D eigenvalue weighted by Crippen LogP contribution is -2.26. The van der Waals surface area contributed by atoms with E-state index in [0.717, 1.165) is 42.5 Å². The molecule has 0 unspecified atom stereocenters. The van der Waals surface area contributed by atoms with Gasteiger partial charge in [-0.1, -0.05) is 0 Å². The van der Waals surface area contributed by atoms with E-state index in [2.05, 4.69) is 16.4 Å². The predicted octanol–water partition coefficient (Wildman–Crippen LogP) is 3.29. The Balaban J connectivity index is 1.73. The Labute approximate surface area is 117 Å². The lowest BCUT2D eigenvalue weighted by molar-refractivity contribution is 0.343. The summed E-state index contributed by atoms with van der Waals surface area (Å²) in [7, 11) is 0. The van der Waals surface area contributed by atoms with Crippen molar-refractivity contribution in [3.8, 4) is 6.07 Å². The van der Waals surface area contributed by atoms with Crippen molar-refractivity contribution in [2.75, 3.05) is 11.1 Å². The Morgan fingerprint density at radius 1 is 1.40 bits per heavy atom. The van der Waals surface area contributed by atoms with E-state index in [-0.39, 0.29) is 0 Å². The maximum absolute atomic E-state index is 8.75. The molecule has 0 spiro atoms. The fraction of sp³-hybridized carbons (Fsp3) is 0.467. The highest BCUT2D eigenvalue weighted by Crippen LogP contribution is 2.33. The van der Waals surface area contributed by atoms with Crippen LogP contribution in [-0.4, -0.2) is 11.0 Å². The summed E-state index contributed by atoms with van der Waals surface area (Å²) >= 11 is 0. The number of furan rings is 1. The Bertz CT molecular complexity index is 635. The van der Waals surface area contributed by atoms with Gasteiger partial charge in [0.1, 0.15) is 11.2 Å². The molecular formula is C15H18N4O. The lowest BCUT2D eigenvalue weighted by Gasteiger charge is -2.28. The summed E-state index contributed by atoms with van der Waals surface area (Å²) in [6.07, 6.45) is 8.29. The van der Waals surface area contributed by atoms with Crippen molar-refractivity contribution in [1.82, 2.24) is 4.98 Å². The third kappa shape index (κ3) is 2.42. The number of nitrogen functional groups attached to an aromatic ring is 1. The SMILES string of the molecule is N#CCC1CCC(Nc2c(N)cnc3ccoc23)CC1. The highest BCUT2D eigenvalue weighted by atomic mass is 16.3. The first kappa shape index (κ1) is 12.8. The van der Waals surface area contributed by atoms with Gasteiger partial charge in [-0.3, -0.25) is 4.98 Å². The van der Waals surface area contributed by atoms with Gasteiger partial charge in [-0.05, 0) is 31.6 Å². The van der Waals surface area contributed by atoms with Gasteiger partial charge in [-0.25, -0.2) is 0 Å². The van der Waals surface area contributed by atoms with Crippen LogP contribution in [0.5, 0.6) is 0 Å². The molecule has 1 saturated carbocycles. The molecule has 1 fully saturated rings. The van der Waals surface area contributed by atoms with Crippen molar-refractivity contribution in [3.63, 3.8) is 0 Å². The molecule has 0 aromatic carbocycles. The zero-order valence-corrected chi connectivity index (χ0v) is 11.3. The van der Waals surface area contributed by atoms with Gasteiger partial charge in [-0.15, -0.1) is 0 Å². The van der Waals surface area contributed by atoms with Crippen molar-refractivity contribution >= 4 is 22.5 Å². The summed E-state index contributed by atoms with van der Waals surface area (Å²) in [6, 6.07) is 4.50. The number of hydrogen-bond donors (Lipinski definition) is 2. The zero-order valence-electron chi connectivity index (χ0n) is 11.3. The number of nitrogens with two attached hydrogens (primary N) is 1. The van der Waals surface area contributed by atoms with Crippen LogP contribution < -0.4 is 11.1 Å². The van der Waals surface area contributed by atoms with Crippen LogP contribution in [0.3, 0.4) is 0 Å². The smallest absolute Gasteiger partial charge is 0.177 e. The summed E-state index contributed by atoms with van der Waals surface area (Å²) in [6.45, 7) is 0. The van der Waals surface area contributed by atoms with E-state index < -0.39 is 0 Å². The topological polar surface area (TPSA) is 87.9 Å². The molecule has 20 heavy (non-hydrogen) atoms. The molecule has 104 valence electrons. The number of fused-ring (bicyclic) bond motifs is 1. The molecule has 3 rings (SSSR count). The number of nitrogens with zero attached hydrogens (tertiary/aromatic N) is 2. The first-order valence-corrected chi connectivity index (χ1v) is 7.03. The number of nitriles is 1. The maximum Gasteiger partial charge on any atom is 0.177 e. The molecule has 2 heterocycles. The molecule has 0 aliphatic heterocycles. The Hall–Kier alpha value is -2.22. The van der Waals surface area contributed by atoms with Gasteiger partial charge in [0.15, 0.2) is 5.58 Å². The third-order valence-corrected chi connectivity index (χ3v) is 4.08. The number of nitrogens with one attached hydrogen (secondary N) is 1. The molecule has 0 radical (unpaired) electrons. The molecule has 5 nitrogen and oxygen atoms in total. The molecular weight excluding hydrogens is 252 g/mol. The van der Waals surface area contributed by atoms with E-state index in [1.807, 2.05) is 6.07 Å². The molecule has 3 N–H and O–H groups in total. The van der Waals surface area contributed by atoms with Crippen molar-refractivity contribution in [2.24, 2.45) is 5.92 Å². The molecule has 0 atom stereocenters. The quantitative estimate of drug-likeness (QED) is 0.893. The molecule has 0 amide bonds. The monoisotopic (exact) mass is 270 g/mol. The second-order valence-electron chi connectivity index (χ2n) is 5.45. The number of hydrogen-bond acceptors (Lipinski definition) is 5. The van der Waals surface area contributed by atoms with Crippen molar-refractivity contribution in [3.05, 3.63) is 18.5 Å². The summed E-state index contributed by atoms with van der Waals surface area (Å²) in [5, 5.41) is 12.2. The molecule has 1 aliphatic rings. The average Bonchev–Trinajstić information content (AvgIpc) is 2.93. The van der Waals surface area contributed by atoms with Crippen LogP contribution in [0.1, 0.15) is 32.1 Å². The van der Waals surface area contributed by atoms with Gasteiger partial charge in [0.25, 0.3) is 0 Å². The second-order valence-corrected chi connectivity index (χ2v) is 5.45. The molecule has 0 bridgehead atoms. The van der Waals surface area contributed by atoms with Gasteiger partial charge in [-0.2, -0.15) is 5.26 Å². The van der Waals surface area contributed by atoms with Crippen molar-refractivity contribution in [2.45, 2.75) is 38.1 Å². The molecule has 2 aromatic rings. The normalized spacial score (nSPS) is 22.6. The highest BCUT2D eigenvalue weighted by molar-refractivity contribution is 5.92. The van der Waals surface area contributed by atoms with Gasteiger partial charge in [0, 0.05) is 18.5 Å². The van der Waals surface area contributed by atoms with Crippen LogP contribution in [0, 0.1) is 17.2 Å². The molecule has 0 saturated heterocycles. The van der Waals surface area contributed by atoms with Gasteiger partial charge in [0.2, 0.25) is 0 Å². The van der Waals surface area contributed by atoms with Gasteiger partial charge >= 0.3 is 0 Å². The highest BCUT2D eigenvalue weighted by Gasteiger charge is 2.22. The van der Waals surface area contributed by atoms with Crippen LogP contribution in [0.15, 0.2) is 22.9 Å². The van der Waals surface area contributed by atoms with Gasteiger partial charge in [0.05, 0.1) is 24.2 Å². The first-order chi connectivity index (χ1) is 9.78. The van der Waals surface area contributed by atoms with Crippen LogP contribution in [-0.2, 0) is 0 Å². The average molecular weight is 270 g/mol. The lowest BCUT2D eigenvalue weighted by atomic mass is 9.84. The van der Waals surface area contributed by atoms with Crippen LogP contribution in [0.4, 0.5) is 11.4 Å². The van der Waals surface area contributed by atoms with Crippen molar-refractivity contribution in [1.29, 1.82) is 5.26 Å². The van der Waals surface area contributed by atoms with E-state index in [4.69, 9.17) is 15.4 Å². The molecule has 5 heteroatoms. The minimum atomic E-state index is 0.392. The Morgan fingerprint density at radius 2 is 2.20 bits per heavy atom. The maximum atomic E-state index is 8.75. The van der Waals surface area contributed by atoms with Crippen molar-refractivity contribution < 1.29 is 4.42 Å². The second kappa shape index (κ2) is 5.41. The third-order valence-electron chi connectivity index (χ3n) is 4.08. The van der Waals surface area contributed by atoms with E-state index >= 15 is 0 Å². The van der Waals surface area contributed by atoms with E-state index in [0.29, 0.717) is 24.1 Å². The summed E-state index contributed by atoms with van der Waals surface area (Å²) in [4.78, 5) is 4.24. The fourth-order valence-corrected chi connectivity index (χ4v) is 2.92. The molecule has 2 aromatic heterocycles. The predicted molar refractivity (Wildman–Crippen MR) is 78.0 cm³/mol. The minimum absolute atomic E-state index is 0.392. The number of rotatable bonds is 3. The van der Waals surface area contributed by atoms with Crippen LogP contribution in [0.2, 0.25) is 0 Å². The van der Waals surface area contributed by atoms with E-state index in [1.54, 1.807) is 12.5 Å². The Kier molecular flexibility index (Phi) is 3.46. The summed E-state index contributed by atoms with van der Waals surface area (Å²) in [5.41, 5.74) is 9.02. The zero-order chi connectivity index (χ0) is 13.9. The fourth-order valence-electron chi connectivity index (χ4n) is 2.92. The van der Waals surface area contributed by atoms with E-state index in [9.17, 15) is 0 Å².